The third-order valence-electron chi connectivity index (χ3n) is 4.44. The number of nitrogens with zero attached hydrogens (tertiary/aromatic N) is 2. The molecule has 1 aliphatic heterocycles. The first-order valence-electron chi connectivity index (χ1n) is 8.62. The third-order valence-corrected chi connectivity index (χ3v) is 4.44. The standard InChI is InChI=1S/C18H24N6O2/c1-18(2,3)14-8-13(23-24-14)17(26)20-10-12-7-15(25)22-16(21-12)11-5-4-6-19-9-11/h4-7,9,13-14,23-24H,8,10H2,1-3H3,(H,20,26)(H,21,22,25). The van der Waals surface area contributed by atoms with E-state index in [1.807, 2.05) is 6.07 Å². The fourth-order valence-corrected chi connectivity index (χ4v) is 2.84. The molecule has 8 heteroatoms. The van der Waals surface area contributed by atoms with Gasteiger partial charge in [0, 0.05) is 30.1 Å². The lowest BCUT2D eigenvalue weighted by Crippen LogP contribution is -2.44. The van der Waals surface area contributed by atoms with Crippen molar-refractivity contribution in [1.29, 1.82) is 0 Å². The van der Waals surface area contributed by atoms with Gasteiger partial charge in [-0.25, -0.2) is 10.4 Å². The normalized spacial score (nSPS) is 20.1. The highest BCUT2D eigenvalue weighted by Crippen LogP contribution is 2.25. The van der Waals surface area contributed by atoms with Gasteiger partial charge in [0.25, 0.3) is 5.56 Å². The summed E-state index contributed by atoms with van der Waals surface area (Å²) in [4.78, 5) is 35.4. The predicted octanol–water partition coefficient (Wildman–Crippen LogP) is 0.729. The second-order valence-corrected chi connectivity index (χ2v) is 7.54. The van der Waals surface area contributed by atoms with Gasteiger partial charge < -0.3 is 10.3 Å². The lowest BCUT2D eigenvalue weighted by molar-refractivity contribution is -0.123. The molecule has 0 spiro atoms. The number of H-pyrrole nitrogens is 1. The van der Waals surface area contributed by atoms with Gasteiger partial charge in [-0.1, -0.05) is 20.8 Å². The first-order chi connectivity index (χ1) is 12.3. The van der Waals surface area contributed by atoms with Crippen molar-refractivity contribution in [3.05, 3.63) is 46.6 Å². The quantitative estimate of drug-likeness (QED) is 0.643. The first-order valence-corrected chi connectivity index (χ1v) is 8.62. The average molecular weight is 356 g/mol. The van der Waals surface area contributed by atoms with E-state index in [-0.39, 0.29) is 35.5 Å². The van der Waals surface area contributed by atoms with Gasteiger partial charge >= 0.3 is 0 Å². The van der Waals surface area contributed by atoms with Crippen LogP contribution in [-0.4, -0.2) is 32.9 Å². The lowest BCUT2D eigenvalue weighted by Gasteiger charge is -2.25. The Balaban J connectivity index is 1.64. The van der Waals surface area contributed by atoms with E-state index in [2.05, 4.69) is 51.9 Å². The zero-order chi connectivity index (χ0) is 18.7. The second kappa shape index (κ2) is 7.35. The molecule has 2 aromatic rings. The minimum absolute atomic E-state index is 0.0644. The Labute approximate surface area is 151 Å². The summed E-state index contributed by atoms with van der Waals surface area (Å²) in [7, 11) is 0. The van der Waals surface area contributed by atoms with E-state index in [1.54, 1.807) is 18.5 Å². The van der Waals surface area contributed by atoms with Gasteiger partial charge in [0.2, 0.25) is 5.91 Å². The van der Waals surface area contributed by atoms with Crippen molar-refractivity contribution in [1.82, 2.24) is 31.1 Å². The van der Waals surface area contributed by atoms with Crippen LogP contribution in [0.25, 0.3) is 11.4 Å². The molecule has 1 saturated heterocycles. The van der Waals surface area contributed by atoms with Gasteiger partial charge in [0.1, 0.15) is 11.9 Å². The summed E-state index contributed by atoms with van der Waals surface area (Å²) in [5.74, 6) is 0.317. The van der Waals surface area contributed by atoms with Gasteiger partial charge in [0.15, 0.2) is 0 Å². The molecule has 26 heavy (non-hydrogen) atoms. The van der Waals surface area contributed by atoms with E-state index >= 15 is 0 Å². The molecule has 1 amide bonds. The number of carbonyl (C=O) groups excluding carboxylic acids is 1. The lowest BCUT2D eigenvalue weighted by atomic mass is 9.84. The molecular weight excluding hydrogens is 332 g/mol. The number of rotatable bonds is 4. The van der Waals surface area contributed by atoms with Crippen molar-refractivity contribution >= 4 is 5.91 Å². The molecule has 0 bridgehead atoms. The molecule has 3 heterocycles. The van der Waals surface area contributed by atoms with Crippen molar-refractivity contribution in [2.24, 2.45) is 5.41 Å². The van der Waals surface area contributed by atoms with Crippen LogP contribution in [0, 0.1) is 5.41 Å². The number of amides is 1. The Morgan fingerprint density at radius 3 is 2.81 bits per heavy atom. The molecule has 1 fully saturated rings. The molecule has 2 atom stereocenters. The topological polar surface area (TPSA) is 112 Å². The van der Waals surface area contributed by atoms with E-state index in [9.17, 15) is 9.59 Å². The van der Waals surface area contributed by atoms with Gasteiger partial charge in [-0.15, -0.1) is 0 Å². The van der Waals surface area contributed by atoms with Crippen molar-refractivity contribution in [2.45, 2.75) is 45.8 Å². The fourth-order valence-electron chi connectivity index (χ4n) is 2.84. The summed E-state index contributed by atoms with van der Waals surface area (Å²) >= 11 is 0. The van der Waals surface area contributed by atoms with Crippen LogP contribution < -0.4 is 21.7 Å². The number of hydrogen-bond acceptors (Lipinski definition) is 6. The molecule has 2 unspecified atom stereocenters. The summed E-state index contributed by atoms with van der Waals surface area (Å²) in [6.45, 7) is 6.58. The summed E-state index contributed by atoms with van der Waals surface area (Å²) in [6.07, 6.45) is 3.99. The zero-order valence-corrected chi connectivity index (χ0v) is 15.2. The molecule has 0 radical (unpaired) electrons. The highest BCUT2D eigenvalue weighted by Gasteiger charge is 2.35. The van der Waals surface area contributed by atoms with Gasteiger partial charge in [-0.05, 0) is 24.0 Å². The van der Waals surface area contributed by atoms with E-state index in [1.165, 1.54) is 6.07 Å². The predicted molar refractivity (Wildman–Crippen MR) is 97.9 cm³/mol. The molecule has 4 N–H and O–H groups in total. The Morgan fingerprint density at radius 1 is 1.35 bits per heavy atom. The van der Waals surface area contributed by atoms with Crippen LogP contribution in [0.15, 0.2) is 35.4 Å². The Morgan fingerprint density at radius 2 is 2.15 bits per heavy atom. The monoisotopic (exact) mass is 356 g/mol. The fraction of sp³-hybridized carbons (Fsp3) is 0.444. The molecule has 0 aromatic carbocycles. The number of pyridine rings is 1. The molecule has 2 aromatic heterocycles. The minimum atomic E-state index is -0.306. The van der Waals surface area contributed by atoms with Crippen molar-refractivity contribution in [2.75, 3.05) is 0 Å². The van der Waals surface area contributed by atoms with Crippen LogP contribution in [-0.2, 0) is 11.3 Å². The minimum Gasteiger partial charge on any atom is -0.349 e. The van der Waals surface area contributed by atoms with E-state index in [0.717, 1.165) is 0 Å². The molecule has 138 valence electrons. The molecule has 8 nitrogen and oxygen atoms in total. The third kappa shape index (κ3) is 4.33. The largest absolute Gasteiger partial charge is 0.349 e. The van der Waals surface area contributed by atoms with Crippen molar-refractivity contribution in [3.8, 4) is 11.4 Å². The summed E-state index contributed by atoms with van der Waals surface area (Å²) in [5.41, 5.74) is 7.23. The molecular formula is C18H24N6O2. The Bertz CT molecular complexity index is 828. The van der Waals surface area contributed by atoms with Crippen LogP contribution >= 0.6 is 0 Å². The number of aromatic nitrogens is 3. The van der Waals surface area contributed by atoms with Gasteiger partial charge in [-0.2, -0.15) is 0 Å². The highest BCUT2D eigenvalue weighted by atomic mass is 16.2. The number of hydrogen-bond donors (Lipinski definition) is 4. The summed E-state index contributed by atoms with van der Waals surface area (Å²) < 4.78 is 0. The van der Waals surface area contributed by atoms with Crippen molar-refractivity contribution in [3.63, 3.8) is 0 Å². The maximum atomic E-state index is 12.4. The number of hydrazine groups is 1. The average Bonchev–Trinajstić information content (AvgIpc) is 3.10. The van der Waals surface area contributed by atoms with E-state index < -0.39 is 0 Å². The zero-order valence-electron chi connectivity index (χ0n) is 15.2. The number of carbonyl (C=O) groups is 1. The SMILES string of the molecule is CC(C)(C)C1CC(C(=O)NCc2cc(=O)[nH]c(-c3cccnc3)n2)NN1. The second-order valence-electron chi connectivity index (χ2n) is 7.54. The smallest absolute Gasteiger partial charge is 0.251 e. The summed E-state index contributed by atoms with van der Waals surface area (Å²) in [6, 6.07) is 4.88. The Hall–Kier alpha value is -2.58. The number of aromatic amines is 1. The number of nitrogens with one attached hydrogen (secondary N) is 4. The maximum absolute atomic E-state index is 12.4. The maximum Gasteiger partial charge on any atom is 0.251 e. The van der Waals surface area contributed by atoms with Gasteiger partial charge in [0.05, 0.1) is 12.2 Å². The van der Waals surface area contributed by atoms with Crippen LogP contribution in [0.3, 0.4) is 0 Å². The van der Waals surface area contributed by atoms with Crippen LogP contribution in [0.4, 0.5) is 0 Å². The molecule has 0 saturated carbocycles. The van der Waals surface area contributed by atoms with Crippen LogP contribution in [0.5, 0.6) is 0 Å². The highest BCUT2D eigenvalue weighted by molar-refractivity contribution is 5.82. The van der Waals surface area contributed by atoms with E-state index in [0.29, 0.717) is 23.5 Å². The molecule has 1 aliphatic rings. The molecule has 0 aliphatic carbocycles. The van der Waals surface area contributed by atoms with E-state index in [4.69, 9.17) is 0 Å². The van der Waals surface area contributed by atoms with Crippen LogP contribution in [0.2, 0.25) is 0 Å². The first kappa shape index (κ1) is 18.2. The Kier molecular flexibility index (Phi) is 5.15. The summed E-state index contributed by atoms with van der Waals surface area (Å²) in [5, 5.41) is 2.85. The van der Waals surface area contributed by atoms with Gasteiger partial charge in [-0.3, -0.25) is 20.0 Å². The van der Waals surface area contributed by atoms with Crippen molar-refractivity contribution < 1.29 is 4.79 Å². The molecule has 3 rings (SSSR count). The van der Waals surface area contributed by atoms with Crippen LogP contribution in [0.1, 0.15) is 32.9 Å².